The zero-order chi connectivity index (χ0) is 20.8. The third-order valence-corrected chi connectivity index (χ3v) is 5.77. The van der Waals surface area contributed by atoms with E-state index in [-0.39, 0.29) is 11.1 Å². The summed E-state index contributed by atoms with van der Waals surface area (Å²) in [6.45, 7) is 2.56. The second-order valence-corrected chi connectivity index (χ2v) is 8.12. The lowest BCUT2D eigenvalue weighted by Crippen LogP contribution is -2.16. The smallest absolute Gasteiger partial charge is 0.285 e. The Hall–Kier alpha value is -2.84. The summed E-state index contributed by atoms with van der Waals surface area (Å²) < 4.78 is 5.44. The molecular formula is C21H21N3O3S2. The molecule has 3 aromatic rings. The summed E-state index contributed by atoms with van der Waals surface area (Å²) in [6.07, 6.45) is 0. The van der Waals surface area contributed by atoms with Crippen molar-refractivity contribution < 1.29 is 14.3 Å². The molecular weight excluding hydrogens is 406 g/mol. The number of ether oxygens (including phenoxy) is 1. The van der Waals surface area contributed by atoms with Gasteiger partial charge in [0.1, 0.15) is 16.5 Å². The van der Waals surface area contributed by atoms with E-state index in [0.717, 1.165) is 33.0 Å². The van der Waals surface area contributed by atoms with Gasteiger partial charge in [-0.2, -0.15) is 0 Å². The molecule has 0 saturated heterocycles. The largest absolute Gasteiger partial charge is 0.494 e. The molecule has 6 nitrogen and oxygen atoms in total. The molecule has 0 fully saturated rings. The quantitative estimate of drug-likeness (QED) is 0.545. The maximum absolute atomic E-state index is 12.5. The molecule has 0 bridgehead atoms. The number of hydrogen-bond acceptors (Lipinski definition) is 6. The summed E-state index contributed by atoms with van der Waals surface area (Å²) in [4.78, 5) is 31.0. The summed E-state index contributed by atoms with van der Waals surface area (Å²) in [7, 11) is 3.42. The molecule has 2 amide bonds. The summed E-state index contributed by atoms with van der Waals surface area (Å²) in [6, 6.07) is 14.8. The Labute approximate surface area is 177 Å². The third kappa shape index (κ3) is 5.58. The second kappa shape index (κ2) is 9.58. The molecule has 1 heterocycles. The van der Waals surface area contributed by atoms with Gasteiger partial charge >= 0.3 is 0 Å². The highest BCUT2D eigenvalue weighted by Crippen LogP contribution is 2.27. The number of hydrogen-bond donors (Lipinski definition) is 1. The van der Waals surface area contributed by atoms with Crippen LogP contribution in [0.4, 0.5) is 10.5 Å². The van der Waals surface area contributed by atoms with Gasteiger partial charge in [-0.15, -0.1) is 11.3 Å². The van der Waals surface area contributed by atoms with Gasteiger partial charge < -0.3 is 15.0 Å². The number of thioether (sulfide) groups is 1. The third-order valence-electron chi connectivity index (χ3n) is 3.83. The summed E-state index contributed by atoms with van der Waals surface area (Å²) >= 11 is 2.55. The number of nitrogens with one attached hydrogen (secondary N) is 1. The topological polar surface area (TPSA) is 71.5 Å². The van der Waals surface area contributed by atoms with Gasteiger partial charge in [0.25, 0.3) is 11.1 Å². The number of aromatic nitrogens is 1. The molecule has 3 rings (SSSR count). The molecule has 1 aromatic heterocycles. The van der Waals surface area contributed by atoms with Crippen LogP contribution in [0.2, 0.25) is 0 Å². The first-order valence-corrected chi connectivity index (χ1v) is 10.6. The van der Waals surface area contributed by atoms with Crippen molar-refractivity contribution in [2.75, 3.05) is 26.0 Å². The van der Waals surface area contributed by atoms with Crippen molar-refractivity contribution >= 4 is 39.9 Å². The monoisotopic (exact) mass is 427 g/mol. The number of carbonyl (C=O) groups excluding carboxylic acids is 2. The molecule has 150 valence electrons. The molecule has 0 aliphatic heterocycles. The van der Waals surface area contributed by atoms with Crippen molar-refractivity contribution in [2.24, 2.45) is 0 Å². The Morgan fingerprint density at radius 3 is 2.41 bits per heavy atom. The number of benzene rings is 2. The zero-order valence-electron chi connectivity index (χ0n) is 16.3. The lowest BCUT2D eigenvalue weighted by molar-refractivity contribution is 0.102. The van der Waals surface area contributed by atoms with Crippen LogP contribution in [0.1, 0.15) is 17.4 Å². The number of nitrogens with zero attached hydrogens (tertiary/aromatic N) is 2. The van der Waals surface area contributed by atoms with Gasteiger partial charge in [-0.25, -0.2) is 4.98 Å². The van der Waals surface area contributed by atoms with E-state index < -0.39 is 0 Å². The fraction of sp³-hybridized carbons (Fsp3) is 0.190. The van der Waals surface area contributed by atoms with Crippen LogP contribution < -0.4 is 10.1 Å². The fourth-order valence-corrected chi connectivity index (χ4v) is 3.83. The van der Waals surface area contributed by atoms with Gasteiger partial charge in [-0.3, -0.25) is 9.59 Å². The molecule has 0 radical (unpaired) electrons. The SMILES string of the molecule is CCOc1ccc(-c2nc(C(=O)Nc3ccc(SC(=O)N(C)C)cc3)cs2)cc1. The van der Waals surface area contributed by atoms with Crippen molar-refractivity contribution in [3.05, 3.63) is 59.6 Å². The first-order valence-electron chi connectivity index (χ1n) is 8.95. The van der Waals surface area contributed by atoms with E-state index in [1.165, 1.54) is 16.2 Å². The van der Waals surface area contributed by atoms with Crippen LogP contribution in [-0.2, 0) is 0 Å². The van der Waals surface area contributed by atoms with Gasteiger partial charge in [0, 0.05) is 35.6 Å². The van der Waals surface area contributed by atoms with Gasteiger partial charge in [0.05, 0.1) is 6.61 Å². The molecule has 2 aromatic carbocycles. The Bertz CT molecular complexity index is 983. The highest BCUT2D eigenvalue weighted by molar-refractivity contribution is 8.13. The van der Waals surface area contributed by atoms with Crippen LogP contribution in [0.15, 0.2) is 58.8 Å². The van der Waals surface area contributed by atoms with Crippen molar-refractivity contribution in [3.63, 3.8) is 0 Å². The van der Waals surface area contributed by atoms with Crippen LogP contribution in [-0.4, -0.2) is 41.7 Å². The van der Waals surface area contributed by atoms with Crippen molar-refractivity contribution in [2.45, 2.75) is 11.8 Å². The lowest BCUT2D eigenvalue weighted by Gasteiger charge is -2.09. The van der Waals surface area contributed by atoms with E-state index in [0.29, 0.717) is 18.0 Å². The average molecular weight is 428 g/mol. The predicted molar refractivity (Wildman–Crippen MR) is 118 cm³/mol. The molecule has 1 N–H and O–H groups in total. The highest BCUT2D eigenvalue weighted by atomic mass is 32.2. The fourth-order valence-electron chi connectivity index (χ4n) is 2.36. The zero-order valence-corrected chi connectivity index (χ0v) is 18.0. The Balaban J connectivity index is 1.63. The first-order chi connectivity index (χ1) is 14.0. The molecule has 8 heteroatoms. The summed E-state index contributed by atoms with van der Waals surface area (Å²) in [5.41, 5.74) is 1.94. The second-order valence-electron chi connectivity index (χ2n) is 6.24. The molecule has 0 unspecified atom stereocenters. The van der Waals surface area contributed by atoms with Gasteiger partial charge in [-0.05, 0) is 67.2 Å². The van der Waals surface area contributed by atoms with Crippen LogP contribution in [0.25, 0.3) is 10.6 Å². The van der Waals surface area contributed by atoms with Crippen molar-refractivity contribution in [3.8, 4) is 16.3 Å². The maximum Gasteiger partial charge on any atom is 0.285 e. The van der Waals surface area contributed by atoms with E-state index in [2.05, 4.69) is 10.3 Å². The average Bonchev–Trinajstić information content (AvgIpc) is 3.20. The Morgan fingerprint density at radius 2 is 1.79 bits per heavy atom. The number of amides is 2. The first kappa shape index (κ1) is 20.9. The normalized spacial score (nSPS) is 10.4. The maximum atomic E-state index is 12.5. The molecule has 0 aliphatic rings. The molecule has 0 atom stereocenters. The minimum atomic E-state index is -0.275. The Kier molecular flexibility index (Phi) is 6.90. The predicted octanol–water partition coefficient (Wildman–Crippen LogP) is 5.23. The number of anilines is 1. The van der Waals surface area contributed by atoms with E-state index in [1.54, 1.807) is 43.7 Å². The van der Waals surface area contributed by atoms with Crippen LogP contribution >= 0.6 is 23.1 Å². The van der Waals surface area contributed by atoms with E-state index >= 15 is 0 Å². The van der Waals surface area contributed by atoms with Crippen LogP contribution in [0.5, 0.6) is 5.75 Å². The van der Waals surface area contributed by atoms with Crippen LogP contribution in [0.3, 0.4) is 0 Å². The van der Waals surface area contributed by atoms with Gasteiger partial charge in [0.2, 0.25) is 0 Å². The minimum Gasteiger partial charge on any atom is -0.494 e. The standard InChI is InChI=1S/C21H21N3O3S2/c1-4-27-16-9-5-14(6-10-16)20-23-18(13-28-20)19(25)22-15-7-11-17(12-8-15)29-21(26)24(2)3/h5-13H,4H2,1-3H3,(H,22,25). The van der Waals surface area contributed by atoms with E-state index in [9.17, 15) is 9.59 Å². The summed E-state index contributed by atoms with van der Waals surface area (Å²) in [5, 5.41) is 5.29. The lowest BCUT2D eigenvalue weighted by atomic mass is 10.2. The van der Waals surface area contributed by atoms with E-state index in [4.69, 9.17) is 4.74 Å². The Morgan fingerprint density at radius 1 is 1.10 bits per heavy atom. The highest BCUT2D eigenvalue weighted by Gasteiger charge is 2.13. The van der Waals surface area contributed by atoms with Crippen molar-refractivity contribution in [1.29, 1.82) is 0 Å². The van der Waals surface area contributed by atoms with E-state index in [1.807, 2.05) is 31.2 Å². The number of rotatable bonds is 6. The molecule has 0 aliphatic carbocycles. The minimum absolute atomic E-state index is 0.0499. The van der Waals surface area contributed by atoms with Gasteiger partial charge in [0.15, 0.2) is 0 Å². The number of thiazole rings is 1. The van der Waals surface area contributed by atoms with Gasteiger partial charge in [-0.1, -0.05) is 0 Å². The molecule has 0 saturated carbocycles. The van der Waals surface area contributed by atoms with Crippen molar-refractivity contribution in [1.82, 2.24) is 9.88 Å². The molecule has 0 spiro atoms. The summed E-state index contributed by atoms with van der Waals surface area (Å²) in [5.74, 6) is 0.530. The number of carbonyl (C=O) groups is 2. The van der Waals surface area contributed by atoms with Crippen LogP contribution in [0, 0.1) is 0 Å². The molecule has 29 heavy (non-hydrogen) atoms.